The average Bonchev–Trinajstić information content (AvgIpc) is 2.74. The van der Waals surface area contributed by atoms with Gasteiger partial charge in [0.25, 0.3) is 0 Å². The number of aliphatic hydroxyl groups excluding tert-OH is 1. The molecular weight excluding hydrogens is 475 g/mol. The smallest absolute Gasteiger partial charge is 0.416 e. The van der Waals surface area contributed by atoms with E-state index in [2.05, 4.69) is 10.2 Å². The van der Waals surface area contributed by atoms with Crippen LogP contribution in [0.25, 0.3) is 5.70 Å². The number of aliphatic hydroxyl groups is 1. The van der Waals surface area contributed by atoms with Gasteiger partial charge in [-0.15, -0.1) is 0 Å². The lowest BCUT2D eigenvalue weighted by atomic mass is 9.62. The zero-order valence-electron chi connectivity index (χ0n) is 20.3. The van der Waals surface area contributed by atoms with Crippen molar-refractivity contribution in [3.8, 4) is 5.75 Å². The summed E-state index contributed by atoms with van der Waals surface area (Å²) in [5.74, 6) is -0.113. The molecule has 8 nitrogen and oxygen atoms in total. The van der Waals surface area contributed by atoms with E-state index >= 15 is 0 Å². The second-order valence-corrected chi connectivity index (χ2v) is 10.5. The number of amides is 1. The molecule has 3 aliphatic rings. The third-order valence-corrected chi connectivity index (χ3v) is 7.39. The molecule has 2 heterocycles. The summed E-state index contributed by atoms with van der Waals surface area (Å²) in [6.45, 7) is 4.94. The van der Waals surface area contributed by atoms with Gasteiger partial charge < -0.3 is 31.9 Å². The van der Waals surface area contributed by atoms with E-state index in [-0.39, 0.29) is 34.7 Å². The molecule has 1 aromatic rings. The zero-order valence-corrected chi connectivity index (χ0v) is 20.3. The largest absolute Gasteiger partial charge is 0.507 e. The first-order valence-corrected chi connectivity index (χ1v) is 12.1. The molecule has 1 aliphatic carbocycles. The summed E-state index contributed by atoms with van der Waals surface area (Å²) >= 11 is 0. The highest BCUT2D eigenvalue weighted by atomic mass is 19.4. The maximum absolute atomic E-state index is 12.9. The molecular formula is C25H34F3N5O3. The molecule has 1 atom stereocenters. The number of halogens is 3. The van der Waals surface area contributed by atoms with Gasteiger partial charge in [0.1, 0.15) is 5.75 Å². The van der Waals surface area contributed by atoms with Gasteiger partial charge in [0.15, 0.2) is 0 Å². The Bertz CT molecular complexity index is 1060. The van der Waals surface area contributed by atoms with Crippen molar-refractivity contribution in [1.29, 1.82) is 0 Å². The Morgan fingerprint density at radius 3 is 2.58 bits per heavy atom. The first-order valence-electron chi connectivity index (χ1n) is 12.1. The van der Waals surface area contributed by atoms with Gasteiger partial charge in [-0.05, 0) is 69.0 Å². The van der Waals surface area contributed by atoms with Gasteiger partial charge in [-0.2, -0.15) is 13.2 Å². The number of phenols is 1. The molecule has 1 amide bonds. The second-order valence-electron chi connectivity index (χ2n) is 10.5. The molecule has 1 saturated carbocycles. The summed E-state index contributed by atoms with van der Waals surface area (Å²) in [6, 6.07) is 2.68. The van der Waals surface area contributed by atoms with E-state index in [1.807, 2.05) is 4.90 Å². The van der Waals surface area contributed by atoms with Gasteiger partial charge in [0.2, 0.25) is 5.91 Å². The lowest BCUT2D eigenvalue weighted by Gasteiger charge is -2.58. The summed E-state index contributed by atoms with van der Waals surface area (Å²) in [5, 5.41) is 22.8. The van der Waals surface area contributed by atoms with Crippen LogP contribution in [0.3, 0.4) is 0 Å². The molecule has 198 valence electrons. The Balaban J connectivity index is 1.31. The van der Waals surface area contributed by atoms with E-state index in [1.165, 1.54) is 0 Å². The van der Waals surface area contributed by atoms with Crippen molar-refractivity contribution in [2.75, 3.05) is 32.7 Å². The van der Waals surface area contributed by atoms with E-state index in [0.717, 1.165) is 57.5 Å². The Hall–Kier alpha value is -2.92. The van der Waals surface area contributed by atoms with Crippen LogP contribution in [0, 0.1) is 5.41 Å². The number of rotatable bonds is 6. The number of nitrogens with zero attached hydrogens (tertiary/aromatic N) is 2. The van der Waals surface area contributed by atoms with E-state index < -0.39 is 17.5 Å². The van der Waals surface area contributed by atoms with Crippen LogP contribution in [0.4, 0.5) is 13.2 Å². The molecule has 0 aromatic heterocycles. The predicted octanol–water partition coefficient (Wildman–Crippen LogP) is 1.94. The fourth-order valence-corrected chi connectivity index (χ4v) is 5.48. The highest BCUT2D eigenvalue weighted by Gasteiger charge is 2.53. The molecule has 3 fully saturated rings. The fraction of sp³-hybridized carbons (Fsp3) is 0.560. The van der Waals surface area contributed by atoms with Crippen LogP contribution in [0.15, 0.2) is 35.7 Å². The highest BCUT2D eigenvalue weighted by Crippen LogP contribution is 2.48. The Morgan fingerprint density at radius 2 is 1.97 bits per heavy atom. The van der Waals surface area contributed by atoms with Crippen LogP contribution < -0.4 is 16.8 Å². The Labute approximate surface area is 208 Å². The topological polar surface area (TPSA) is 128 Å². The lowest BCUT2D eigenvalue weighted by Crippen LogP contribution is -2.66. The van der Waals surface area contributed by atoms with Crippen LogP contribution in [-0.4, -0.2) is 70.8 Å². The third-order valence-electron chi connectivity index (χ3n) is 7.39. The fourth-order valence-electron chi connectivity index (χ4n) is 5.48. The molecule has 4 rings (SSSR count). The van der Waals surface area contributed by atoms with E-state index in [4.69, 9.17) is 11.5 Å². The first-order chi connectivity index (χ1) is 16.8. The quantitative estimate of drug-likeness (QED) is 0.371. The van der Waals surface area contributed by atoms with Gasteiger partial charge >= 0.3 is 6.18 Å². The molecule has 2 aliphatic heterocycles. The second kappa shape index (κ2) is 9.85. The number of benzene rings is 1. The van der Waals surface area contributed by atoms with Crippen LogP contribution in [0.1, 0.15) is 43.7 Å². The van der Waals surface area contributed by atoms with E-state index in [0.29, 0.717) is 30.5 Å². The maximum Gasteiger partial charge on any atom is 0.416 e. The molecule has 36 heavy (non-hydrogen) atoms. The molecule has 0 unspecified atom stereocenters. The normalized spacial score (nSPS) is 23.6. The van der Waals surface area contributed by atoms with E-state index in [1.54, 1.807) is 13.0 Å². The predicted molar refractivity (Wildman–Crippen MR) is 129 cm³/mol. The van der Waals surface area contributed by atoms with Crippen molar-refractivity contribution in [2.45, 2.75) is 50.9 Å². The molecule has 1 aromatic carbocycles. The third kappa shape index (κ3) is 5.73. The number of hydrogen-bond donors (Lipinski definition) is 5. The van der Waals surface area contributed by atoms with Crippen molar-refractivity contribution < 1.29 is 28.2 Å². The lowest BCUT2D eigenvalue weighted by molar-refractivity contribution is -0.164. The summed E-state index contributed by atoms with van der Waals surface area (Å²) in [7, 11) is 0. The summed E-state index contributed by atoms with van der Waals surface area (Å²) in [5.41, 5.74) is 12.1. The standard InChI is InChI=1S/C25H34F3N5O3/c1-15(23(30)19-5-4-16(8-20(19)35)25(26,27)28)7-21(29)31-17-3-2-6-32(11-17)12-22(36)33-13-24(14-33)9-18(34)10-24/h4-5,7-8,17-18,31,34-35H,2-3,6,9-14,29-30H2,1H3/b21-7+,23-15-/t17-/m1/s1. The van der Waals surface area contributed by atoms with Gasteiger partial charge in [-0.25, -0.2) is 0 Å². The van der Waals surface area contributed by atoms with Crippen molar-refractivity contribution in [3.63, 3.8) is 0 Å². The van der Waals surface area contributed by atoms with Gasteiger partial charge in [-0.1, -0.05) is 0 Å². The maximum atomic E-state index is 12.9. The van der Waals surface area contributed by atoms with Crippen molar-refractivity contribution in [3.05, 3.63) is 46.8 Å². The number of carbonyl (C=O) groups excluding carboxylic acids is 1. The van der Waals surface area contributed by atoms with Gasteiger partial charge in [0, 0.05) is 42.4 Å². The number of hydrogen-bond acceptors (Lipinski definition) is 7. The first kappa shape index (κ1) is 26.2. The molecule has 0 bridgehead atoms. The van der Waals surface area contributed by atoms with Crippen LogP contribution in [0.2, 0.25) is 0 Å². The van der Waals surface area contributed by atoms with Crippen LogP contribution >= 0.6 is 0 Å². The number of aromatic hydroxyl groups is 1. The average molecular weight is 510 g/mol. The molecule has 7 N–H and O–H groups in total. The minimum absolute atomic E-state index is 0.0285. The number of likely N-dealkylation sites (tertiary alicyclic amines) is 2. The number of piperidine rings is 1. The number of alkyl halides is 3. The van der Waals surface area contributed by atoms with Gasteiger partial charge in [0.05, 0.1) is 24.0 Å². The van der Waals surface area contributed by atoms with Crippen LogP contribution in [-0.2, 0) is 11.0 Å². The summed E-state index contributed by atoms with van der Waals surface area (Å²) < 4.78 is 38.6. The summed E-state index contributed by atoms with van der Waals surface area (Å²) in [6.07, 6.45) is 0.164. The molecule has 1 spiro atoms. The van der Waals surface area contributed by atoms with Crippen molar-refractivity contribution >= 4 is 11.6 Å². The monoisotopic (exact) mass is 509 g/mol. The highest BCUT2D eigenvalue weighted by molar-refractivity contribution is 5.79. The SMILES string of the molecule is CC(/C=C(\N)N[C@@H]1CCCN(CC(=O)N2CC3(CC(O)C3)C2)C1)=C(/N)c1ccc(C(F)(F)F)cc1O. The van der Waals surface area contributed by atoms with Crippen molar-refractivity contribution in [1.82, 2.24) is 15.1 Å². The number of allylic oxidation sites excluding steroid dienone is 2. The van der Waals surface area contributed by atoms with Crippen LogP contribution in [0.5, 0.6) is 5.75 Å². The minimum Gasteiger partial charge on any atom is -0.507 e. The van der Waals surface area contributed by atoms with E-state index in [9.17, 15) is 28.2 Å². The minimum atomic E-state index is -4.56. The zero-order chi connectivity index (χ0) is 26.3. The Kier molecular flexibility index (Phi) is 7.16. The van der Waals surface area contributed by atoms with Gasteiger partial charge in [-0.3, -0.25) is 9.69 Å². The molecule has 11 heteroatoms. The van der Waals surface area contributed by atoms with Crippen molar-refractivity contribution in [2.24, 2.45) is 16.9 Å². The summed E-state index contributed by atoms with van der Waals surface area (Å²) in [4.78, 5) is 16.6. The molecule has 2 saturated heterocycles. The number of nitrogens with two attached hydrogens (primary N) is 2. The molecule has 0 radical (unpaired) electrons. The number of carbonyl (C=O) groups is 1. The number of phenolic OH excluding ortho intramolecular Hbond substituents is 1. The number of nitrogens with one attached hydrogen (secondary N) is 1. The Morgan fingerprint density at radius 1 is 1.28 bits per heavy atom.